The van der Waals surface area contributed by atoms with E-state index < -0.39 is 7.60 Å². The summed E-state index contributed by atoms with van der Waals surface area (Å²) in [6.45, 7) is 9.02. The quantitative estimate of drug-likeness (QED) is 0.494. The lowest BCUT2D eigenvalue weighted by atomic mass is 9.90. The first kappa shape index (κ1) is 22.1. The molecule has 0 aliphatic carbocycles. The predicted molar refractivity (Wildman–Crippen MR) is 90.3 cm³/mol. The van der Waals surface area contributed by atoms with Crippen molar-refractivity contribution in [1.82, 2.24) is 0 Å². The largest absolute Gasteiger partial charge is 0.378 e. The molecule has 0 aromatic rings. The van der Waals surface area contributed by atoms with Crippen LogP contribution in [0.1, 0.15) is 72.6 Å². The molecule has 6 heteroatoms. The molecule has 0 bridgehead atoms. The summed E-state index contributed by atoms with van der Waals surface area (Å²) in [5.41, 5.74) is -0.407. The molecule has 2 N–H and O–H groups in total. The number of hydrogen-bond acceptors (Lipinski definition) is 3. The standard InChI is InChI=1S/C16H35O5P/c1-6-15(7-2,20-5)12-13-21-16(8-3,9-4)11-10-14-22(17,18)19/h6-14H2,1-5H3,(H2,17,18,19). The molecule has 0 atom stereocenters. The van der Waals surface area contributed by atoms with Crippen LogP contribution in [-0.4, -0.2) is 40.9 Å². The molecule has 0 heterocycles. The Kier molecular flexibility index (Phi) is 10.1. The maximum absolute atomic E-state index is 11.0. The van der Waals surface area contributed by atoms with E-state index in [1.807, 2.05) is 0 Å². The van der Waals surface area contributed by atoms with E-state index in [1.165, 1.54) is 0 Å². The monoisotopic (exact) mass is 338 g/mol. The fraction of sp³-hybridized carbons (Fsp3) is 1.00. The van der Waals surface area contributed by atoms with E-state index in [0.717, 1.165) is 32.1 Å². The van der Waals surface area contributed by atoms with Crippen molar-refractivity contribution in [1.29, 1.82) is 0 Å². The maximum atomic E-state index is 11.0. The zero-order chi connectivity index (χ0) is 17.3. The highest BCUT2D eigenvalue weighted by molar-refractivity contribution is 7.51. The van der Waals surface area contributed by atoms with Gasteiger partial charge in [0.15, 0.2) is 0 Å². The Bertz CT molecular complexity index is 323. The average Bonchev–Trinajstić information content (AvgIpc) is 2.49. The Morgan fingerprint density at radius 3 is 1.77 bits per heavy atom. The first-order valence-electron chi connectivity index (χ1n) is 8.45. The third-order valence-electron chi connectivity index (χ3n) is 5.06. The second kappa shape index (κ2) is 10.0. The topological polar surface area (TPSA) is 76.0 Å². The molecular formula is C16H35O5P. The fourth-order valence-electron chi connectivity index (χ4n) is 2.93. The predicted octanol–water partition coefficient (Wildman–Crippen LogP) is 4.12. The third kappa shape index (κ3) is 7.56. The van der Waals surface area contributed by atoms with Crippen molar-refractivity contribution >= 4 is 7.60 Å². The van der Waals surface area contributed by atoms with Gasteiger partial charge in [0.25, 0.3) is 0 Å². The lowest BCUT2D eigenvalue weighted by Crippen LogP contribution is -2.36. The van der Waals surface area contributed by atoms with E-state index in [9.17, 15) is 4.57 Å². The Hall–Kier alpha value is 0.0700. The molecule has 0 spiro atoms. The van der Waals surface area contributed by atoms with Gasteiger partial charge in [0, 0.05) is 13.3 Å². The van der Waals surface area contributed by atoms with Crippen LogP contribution < -0.4 is 0 Å². The van der Waals surface area contributed by atoms with Gasteiger partial charge in [0.1, 0.15) is 0 Å². The number of rotatable bonds is 13. The Labute approximate surface area is 135 Å². The van der Waals surface area contributed by atoms with Crippen LogP contribution in [0.4, 0.5) is 0 Å². The van der Waals surface area contributed by atoms with Crippen molar-refractivity contribution in [3.05, 3.63) is 0 Å². The molecule has 0 aliphatic heterocycles. The summed E-state index contributed by atoms with van der Waals surface area (Å²) >= 11 is 0. The smallest absolute Gasteiger partial charge is 0.325 e. The van der Waals surface area contributed by atoms with E-state index in [2.05, 4.69) is 27.7 Å². The van der Waals surface area contributed by atoms with Crippen molar-refractivity contribution < 1.29 is 23.8 Å². The van der Waals surface area contributed by atoms with Gasteiger partial charge in [-0.05, 0) is 44.9 Å². The van der Waals surface area contributed by atoms with E-state index in [1.54, 1.807) is 7.11 Å². The number of methoxy groups -OCH3 is 1. The van der Waals surface area contributed by atoms with E-state index in [0.29, 0.717) is 19.4 Å². The molecule has 0 radical (unpaired) electrons. The van der Waals surface area contributed by atoms with E-state index >= 15 is 0 Å². The van der Waals surface area contributed by atoms with Crippen LogP contribution in [0.5, 0.6) is 0 Å². The van der Waals surface area contributed by atoms with Crippen LogP contribution in [0.3, 0.4) is 0 Å². The summed E-state index contributed by atoms with van der Waals surface area (Å²) in [5.74, 6) is 0. The summed E-state index contributed by atoms with van der Waals surface area (Å²) in [5, 5.41) is 0. The highest BCUT2D eigenvalue weighted by Crippen LogP contribution is 2.38. The molecule has 0 aliphatic rings. The van der Waals surface area contributed by atoms with Gasteiger partial charge in [-0.2, -0.15) is 0 Å². The normalized spacial score (nSPS) is 13.6. The molecule has 0 rings (SSSR count). The summed E-state index contributed by atoms with van der Waals surface area (Å²) in [6, 6.07) is 0. The van der Waals surface area contributed by atoms with Crippen molar-refractivity contribution in [2.75, 3.05) is 19.9 Å². The average molecular weight is 338 g/mol. The lowest BCUT2D eigenvalue weighted by molar-refractivity contribution is -0.0945. The van der Waals surface area contributed by atoms with Crippen LogP contribution in [0.15, 0.2) is 0 Å². The second-order valence-corrected chi connectivity index (χ2v) is 7.85. The molecule has 0 saturated carbocycles. The van der Waals surface area contributed by atoms with Crippen LogP contribution in [-0.2, 0) is 14.0 Å². The molecule has 134 valence electrons. The van der Waals surface area contributed by atoms with E-state index in [-0.39, 0.29) is 17.4 Å². The van der Waals surface area contributed by atoms with Crippen LogP contribution in [0.25, 0.3) is 0 Å². The molecule has 0 fully saturated rings. The molecule has 0 amide bonds. The van der Waals surface area contributed by atoms with Crippen molar-refractivity contribution in [3.63, 3.8) is 0 Å². The van der Waals surface area contributed by atoms with Gasteiger partial charge < -0.3 is 19.3 Å². The first-order chi connectivity index (χ1) is 10.2. The Morgan fingerprint density at radius 2 is 1.41 bits per heavy atom. The van der Waals surface area contributed by atoms with Gasteiger partial charge in [-0.15, -0.1) is 0 Å². The van der Waals surface area contributed by atoms with Crippen LogP contribution in [0, 0.1) is 0 Å². The van der Waals surface area contributed by atoms with Gasteiger partial charge in [-0.1, -0.05) is 27.7 Å². The van der Waals surface area contributed by atoms with E-state index in [4.69, 9.17) is 19.3 Å². The van der Waals surface area contributed by atoms with Crippen molar-refractivity contribution in [2.45, 2.75) is 83.8 Å². The van der Waals surface area contributed by atoms with Crippen molar-refractivity contribution in [3.8, 4) is 0 Å². The van der Waals surface area contributed by atoms with Crippen LogP contribution in [0.2, 0.25) is 0 Å². The summed E-state index contributed by atoms with van der Waals surface area (Å²) < 4.78 is 22.8. The minimum atomic E-state index is -3.92. The highest BCUT2D eigenvalue weighted by atomic mass is 31.2. The molecular weight excluding hydrogens is 303 g/mol. The zero-order valence-electron chi connectivity index (χ0n) is 14.9. The Balaban J connectivity index is 4.53. The maximum Gasteiger partial charge on any atom is 0.325 e. The molecule has 5 nitrogen and oxygen atoms in total. The van der Waals surface area contributed by atoms with Gasteiger partial charge >= 0.3 is 7.60 Å². The van der Waals surface area contributed by atoms with Gasteiger partial charge in [-0.25, -0.2) is 0 Å². The minimum absolute atomic E-state index is 0.0654. The molecule has 0 aromatic heterocycles. The minimum Gasteiger partial charge on any atom is -0.378 e. The Morgan fingerprint density at radius 1 is 0.909 bits per heavy atom. The van der Waals surface area contributed by atoms with Crippen molar-refractivity contribution in [2.24, 2.45) is 0 Å². The summed E-state index contributed by atoms with van der Waals surface area (Å²) in [7, 11) is -2.17. The zero-order valence-corrected chi connectivity index (χ0v) is 15.8. The number of hydrogen-bond donors (Lipinski definition) is 2. The van der Waals surface area contributed by atoms with Gasteiger partial charge in [0.05, 0.1) is 17.8 Å². The molecule has 0 unspecified atom stereocenters. The number of ether oxygens (including phenoxy) is 2. The molecule has 0 saturated heterocycles. The lowest BCUT2D eigenvalue weighted by Gasteiger charge is -2.35. The van der Waals surface area contributed by atoms with Gasteiger partial charge in [-0.3, -0.25) is 4.57 Å². The highest BCUT2D eigenvalue weighted by Gasteiger charge is 2.30. The first-order valence-corrected chi connectivity index (χ1v) is 10.3. The summed E-state index contributed by atoms with van der Waals surface area (Å²) in [4.78, 5) is 18.0. The molecule has 0 aromatic carbocycles. The second-order valence-electron chi connectivity index (χ2n) is 6.07. The summed E-state index contributed by atoms with van der Waals surface area (Å²) in [6.07, 6.45) is 5.55. The fourth-order valence-corrected chi connectivity index (χ4v) is 3.50. The van der Waals surface area contributed by atoms with Gasteiger partial charge in [0.2, 0.25) is 0 Å². The SMILES string of the molecule is CCC(CC)(CCOC(CC)(CC)CCCP(=O)(O)O)OC. The third-order valence-corrected chi connectivity index (χ3v) is 5.96. The molecule has 22 heavy (non-hydrogen) atoms. The van der Waals surface area contributed by atoms with Crippen LogP contribution >= 0.6 is 7.60 Å².